The average molecular weight is 831 g/mol. The van der Waals surface area contributed by atoms with E-state index in [2.05, 4.69) is 208 Å². The second-order valence-corrected chi connectivity index (χ2v) is 16.5. The molecule has 0 aliphatic heterocycles. The van der Waals surface area contributed by atoms with E-state index in [1.54, 1.807) is 0 Å². The summed E-state index contributed by atoms with van der Waals surface area (Å²) < 4.78 is 7.22. The molecule has 13 rings (SSSR count). The van der Waals surface area contributed by atoms with Gasteiger partial charge in [-0.1, -0.05) is 158 Å². The summed E-state index contributed by atoms with van der Waals surface area (Å²) >= 11 is 0. The van der Waals surface area contributed by atoms with Crippen LogP contribution >= 0.6 is 0 Å². The first-order valence-electron chi connectivity index (χ1n) is 21.9. The molecule has 0 bridgehead atoms. The molecule has 0 saturated heterocycles. The molecule has 0 aliphatic carbocycles. The molecule has 0 saturated carbocycles. The summed E-state index contributed by atoms with van der Waals surface area (Å²) in [6.45, 7) is 0. The normalized spacial score (nSPS) is 11.7. The summed E-state index contributed by atoms with van der Waals surface area (Å²) in [5.41, 5.74) is 13.8. The van der Waals surface area contributed by atoms with E-state index < -0.39 is 0 Å². The van der Waals surface area contributed by atoms with Crippen molar-refractivity contribution < 1.29 is 0 Å². The van der Waals surface area contributed by atoms with Crippen molar-refractivity contribution in [3.05, 3.63) is 231 Å². The predicted molar refractivity (Wildman–Crippen MR) is 267 cm³/mol. The molecule has 0 atom stereocenters. The van der Waals surface area contributed by atoms with Crippen LogP contribution in [0.1, 0.15) is 0 Å². The molecule has 4 aromatic heterocycles. The quantitative estimate of drug-likeness (QED) is 0.161. The van der Waals surface area contributed by atoms with Crippen molar-refractivity contribution in [2.45, 2.75) is 0 Å². The van der Waals surface area contributed by atoms with Crippen LogP contribution in [0.5, 0.6) is 0 Å². The molecule has 65 heavy (non-hydrogen) atoms. The van der Waals surface area contributed by atoms with Crippen LogP contribution in [-0.4, -0.2) is 28.7 Å². The standard InChI is InChI=1S/C59H38N6/c1-6-18-39(19-7-1)43-34-44(59-61-57(40-20-8-2-9-21-40)60-58(62-59)41-22-10-3-11-23-41)36-47(35-43)65-54-38-53-42(32-33-63(53)45-24-12-4-13-25-45)37-51(54)50-31-30-49-48-28-16-17-29-52(48)64(55(49)56(50)65)46-26-14-5-15-27-46/h1-38H. The zero-order valence-electron chi connectivity index (χ0n) is 35.1. The molecule has 9 aromatic carbocycles. The van der Waals surface area contributed by atoms with Gasteiger partial charge in [0.1, 0.15) is 0 Å². The summed E-state index contributed by atoms with van der Waals surface area (Å²) in [4.78, 5) is 15.6. The van der Waals surface area contributed by atoms with Crippen LogP contribution in [-0.2, 0) is 0 Å². The Hall–Kier alpha value is -8.87. The van der Waals surface area contributed by atoms with Crippen LogP contribution in [0, 0.1) is 0 Å². The summed E-state index contributed by atoms with van der Waals surface area (Å²) in [5.74, 6) is 1.84. The molecule has 6 heteroatoms. The lowest BCUT2D eigenvalue weighted by atomic mass is 10.0. The highest BCUT2D eigenvalue weighted by atomic mass is 15.1. The maximum atomic E-state index is 5.25. The second kappa shape index (κ2) is 14.9. The lowest BCUT2D eigenvalue weighted by Crippen LogP contribution is -2.02. The maximum Gasteiger partial charge on any atom is 0.164 e. The highest BCUT2D eigenvalue weighted by Gasteiger charge is 2.24. The minimum Gasteiger partial charge on any atom is -0.316 e. The Labute approximate surface area is 374 Å². The molecular weight excluding hydrogens is 793 g/mol. The van der Waals surface area contributed by atoms with Gasteiger partial charge in [-0.2, -0.15) is 0 Å². The van der Waals surface area contributed by atoms with E-state index in [-0.39, 0.29) is 0 Å². The van der Waals surface area contributed by atoms with Crippen LogP contribution < -0.4 is 0 Å². The zero-order chi connectivity index (χ0) is 42.8. The van der Waals surface area contributed by atoms with Gasteiger partial charge in [-0.05, 0) is 77.9 Å². The first-order valence-corrected chi connectivity index (χ1v) is 21.9. The first kappa shape index (κ1) is 36.8. The molecule has 4 heterocycles. The van der Waals surface area contributed by atoms with Gasteiger partial charge in [0.25, 0.3) is 0 Å². The Bertz CT molecular complexity index is 3850. The third-order valence-electron chi connectivity index (χ3n) is 12.7. The summed E-state index contributed by atoms with van der Waals surface area (Å²) in [5, 5.41) is 5.92. The Morgan fingerprint density at radius 1 is 0.277 bits per heavy atom. The largest absolute Gasteiger partial charge is 0.316 e. The molecule has 6 nitrogen and oxygen atoms in total. The Morgan fingerprint density at radius 3 is 1.40 bits per heavy atom. The van der Waals surface area contributed by atoms with E-state index in [1.165, 1.54) is 26.9 Å². The van der Waals surface area contributed by atoms with Gasteiger partial charge in [0.15, 0.2) is 17.5 Å². The highest BCUT2D eigenvalue weighted by molar-refractivity contribution is 6.25. The van der Waals surface area contributed by atoms with E-state index in [4.69, 9.17) is 15.0 Å². The Morgan fingerprint density at radius 2 is 0.769 bits per heavy atom. The number of para-hydroxylation sites is 3. The van der Waals surface area contributed by atoms with Gasteiger partial charge in [0.05, 0.1) is 27.6 Å². The molecule has 0 unspecified atom stereocenters. The van der Waals surface area contributed by atoms with Gasteiger partial charge < -0.3 is 13.7 Å². The molecule has 0 spiro atoms. The molecule has 304 valence electrons. The fourth-order valence-corrected chi connectivity index (χ4v) is 9.71. The zero-order valence-corrected chi connectivity index (χ0v) is 35.1. The summed E-state index contributed by atoms with van der Waals surface area (Å²) in [7, 11) is 0. The Balaban J connectivity index is 1.18. The number of rotatable bonds is 7. The van der Waals surface area contributed by atoms with Crippen LogP contribution in [0.15, 0.2) is 231 Å². The van der Waals surface area contributed by atoms with Gasteiger partial charge in [0, 0.05) is 66.9 Å². The van der Waals surface area contributed by atoms with Crippen LogP contribution in [0.4, 0.5) is 0 Å². The molecule has 13 aromatic rings. The van der Waals surface area contributed by atoms with E-state index in [0.29, 0.717) is 17.5 Å². The van der Waals surface area contributed by atoms with Crippen LogP contribution in [0.25, 0.3) is 117 Å². The minimum atomic E-state index is 0.599. The number of nitrogens with zero attached hydrogens (tertiary/aromatic N) is 6. The van der Waals surface area contributed by atoms with E-state index >= 15 is 0 Å². The minimum absolute atomic E-state index is 0.599. The third-order valence-corrected chi connectivity index (χ3v) is 12.7. The van der Waals surface area contributed by atoms with Crippen molar-refractivity contribution >= 4 is 54.5 Å². The topological polar surface area (TPSA) is 53.5 Å². The third kappa shape index (κ3) is 6.07. The van der Waals surface area contributed by atoms with Crippen molar-refractivity contribution in [2.75, 3.05) is 0 Å². The van der Waals surface area contributed by atoms with Crippen LogP contribution in [0.3, 0.4) is 0 Å². The van der Waals surface area contributed by atoms with Crippen molar-refractivity contribution in [1.29, 1.82) is 0 Å². The smallest absolute Gasteiger partial charge is 0.164 e. The number of hydrogen-bond donors (Lipinski definition) is 0. The number of fused-ring (bicyclic) bond motifs is 8. The lowest BCUT2D eigenvalue weighted by molar-refractivity contribution is 1.07. The van der Waals surface area contributed by atoms with Gasteiger partial charge in [0.2, 0.25) is 0 Å². The monoisotopic (exact) mass is 830 g/mol. The Kier molecular flexibility index (Phi) is 8.42. The first-order chi connectivity index (χ1) is 32.2. The van der Waals surface area contributed by atoms with E-state index in [9.17, 15) is 0 Å². The van der Waals surface area contributed by atoms with Gasteiger partial charge in [-0.3, -0.25) is 0 Å². The SMILES string of the molecule is c1ccc(-c2cc(-c3nc(-c4ccccc4)nc(-c4ccccc4)n3)cc(-n3c4cc5c(ccn5-c5ccccc5)cc4c4ccc5c6ccccc6n(-c6ccccc6)c5c43)c2)cc1. The van der Waals surface area contributed by atoms with Crippen LogP contribution in [0.2, 0.25) is 0 Å². The number of hydrogen-bond acceptors (Lipinski definition) is 3. The summed E-state index contributed by atoms with van der Waals surface area (Å²) in [6, 6.07) is 79.5. The van der Waals surface area contributed by atoms with Crippen molar-refractivity contribution in [2.24, 2.45) is 0 Å². The maximum absolute atomic E-state index is 5.25. The highest BCUT2D eigenvalue weighted by Crippen LogP contribution is 2.44. The fourth-order valence-electron chi connectivity index (χ4n) is 9.71. The number of aromatic nitrogens is 6. The molecule has 0 amide bonds. The lowest BCUT2D eigenvalue weighted by Gasteiger charge is -2.16. The van der Waals surface area contributed by atoms with E-state index in [1.807, 2.05) is 36.4 Å². The molecule has 0 aliphatic rings. The molecule has 0 radical (unpaired) electrons. The molecule has 0 fully saturated rings. The van der Waals surface area contributed by atoms with Gasteiger partial charge >= 0.3 is 0 Å². The average Bonchev–Trinajstić information content (AvgIpc) is 4.06. The molecular formula is C59H38N6. The van der Waals surface area contributed by atoms with Crippen molar-refractivity contribution in [3.63, 3.8) is 0 Å². The van der Waals surface area contributed by atoms with Crippen molar-refractivity contribution in [3.8, 4) is 62.4 Å². The second-order valence-electron chi connectivity index (χ2n) is 16.5. The predicted octanol–water partition coefficient (Wildman–Crippen LogP) is 14.7. The fraction of sp³-hybridized carbons (Fsp3) is 0. The van der Waals surface area contributed by atoms with Gasteiger partial charge in [-0.15, -0.1) is 0 Å². The molecule has 0 N–H and O–H groups in total. The van der Waals surface area contributed by atoms with E-state index in [0.717, 1.165) is 72.5 Å². The number of benzene rings is 9. The van der Waals surface area contributed by atoms with Gasteiger partial charge in [-0.25, -0.2) is 15.0 Å². The summed E-state index contributed by atoms with van der Waals surface area (Å²) in [6.07, 6.45) is 2.18. The van der Waals surface area contributed by atoms with Crippen molar-refractivity contribution in [1.82, 2.24) is 28.7 Å².